The second kappa shape index (κ2) is 5.01. The van der Waals surface area contributed by atoms with E-state index in [-0.39, 0.29) is 10.6 Å². The zero-order valence-corrected chi connectivity index (χ0v) is 10.2. The molecule has 1 aromatic rings. The number of hydrogen-bond acceptors (Lipinski definition) is 4. The summed E-state index contributed by atoms with van der Waals surface area (Å²) in [5.41, 5.74) is 0.535. The van der Waals surface area contributed by atoms with Gasteiger partial charge in [-0.25, -0.2) is 8.98 Å². The predicted octanol–water partition coefficient (Wildman–Crippen LogP) is 1.59. The Balaban J connectivity index is 3.23. The van der Waals surface area contributed by atoms with E-state index < -0.39 is 22.5 Å². The molecule has 1 rings (SSSR count). The largest absolute Gasteiger partial charge is 0.479 e. The standard InChI is InChI=1S/C9H9ClO6S/c1-5-2-3-6(10)4-7(5)8(9(11)12)16-17(13,14)15/h2-4,8H,1H3,(H,11,12)(H,13,14,15). The van der Waals surface area contributed by atoms with Crippen molar-refractivity contribution in [2.24, 2.45) is 0 Å². The lowest BCUT2D eigenvalue weighted by molar-refractivity contribution is -0.145. The van der Waals surface area contributed by atoms with Gasteiger partial charge in [0.05, 0.1) is 0 Å². The quantitative estimate of drug-likeness (QED) is 0.812. The van der Waals surface area contributed by atoms with E-state index in [0.29, 0.717) is 5.56 Å². The first kappa shape index (κ1) is 13.9. The molecule has 1 atom stereocenters. The molecule has 1 unspecified atom stereocenters. The van der Waals surface area contributed by atoms with Gasteiger partial charge in [-0.2, -0.15) is 8.42 Å². The molecular formula is C9H9ClO6S. The van der Waals surface area contributed by atoms with Crippen LogP contribution < -0.4 is 0 Å². The molecular weight excluding hydrogens is 272 g/mol. The molecule has 0 aliphatic carbocycles. The molecule has 2 N–H and O–H groups in total. The van der Waals surface area contributed by atoms with Crippen molar-refractivity contribution in [2.45, 2.75) is 13.0 Å². The van der Waals surface area contributed by atoms with Gasteiger partial charge in [-0.05, 0) is 30.2 Å². The van der Waals surface area contributed by atoms with Crippen molar-refractivity contribution < 1.29 is 27.1 Å². The van der Waals surface area contributed by atoms with E-state index in [9.17, 15) is 13.2 Å². The van der Waals surface area contributed by atoms with Gasteiger partial charge in [0.2, 0.25) is 6.10 Å². The number of benzene rings is 1. The minimum atomic E-state index is -4.87. The number of hydrogen-bond donors (Lipinski definition) is 2. The first-order valence-electron chi connectivity index (χ1n) is 4.35. The molecule has 0 heterocycles. The van der Waals surface area contributed by atoms with Crippen LogP contribution in [0.1, 0.15) is 17.2 Å². The van der Waals surface area contributed by atoms with Crippen LogP contribution >= 0.6 is 11.6 Å². The minimum absolute atomic E-state index is 0.0580. The van der Waals surface area contributed by atoms with Crippen LogP contribution in [0.15, 0.2) is 18.2 Å². The molecule has 17 heavy (non-hydrogen) atoms. The second-order valence-electron chi connectivity index (χ2n) is 3.24. The maximum Gasteiger partial charge on any atom is 0.398 e. The molecule has 0 spiro atoms. The molecule has 0 radical (unpaired) electrons. The molecule has 0 aliphatic heterocycles. The van der Waals surface area contributed by atoms with Gasteiger partial charge in [0.25, 0.3) is 0 Å². The highest BCUT2D eigenvalue weighted by Crippen LogP contribution is 2.26. The van der Waals surface area contributed by atoms with E-state index in [4.69, 9.17) is 21.3 Å². The van der Waals surface area contributed by atoms with Crippen LogP contribution in [0.5, 0.6) is 0 Å². The Morgan fingerprint density at radius 2 is 2.06 bits per heavy atom. The number of halogens is 1. The highest BCUT2D eigenvalue weighted by Gasteiger charge is 2.28. The summed E-state index contributed by atoms with van der Waals surface area (Å²) in [6, 6.07) is 4.30. The molecule has 6 nitrogen and oxygen atoms in total. The number of aliphatic carboxylic acids is 1. The van der Waals surface area contributed by atoms with E-state index in [1.807, 2.05) is 0 Å². The Bertz CT molecular complexity index is 538. The predicted molar refractivity (Wildman–Crippen MR) is 59.2 cm³/mol. The molecule has 94 valence electrons. The van der Waals surface area contributed by atoms with Crippen molar-refractivity contribution in [3.8, 4) is 0 Å². The lowest BCUT2D eigenvalue weighted by Gasteiger charge is -2.14. The van der Waals surface area contributed by atoms with E-state index >= 15 is 0 Å². The summed E-state index contributed by atoms with van der Waals surface area (Å²) < 4.78 is 33.7. The lowest BCUT2D eigenvalue weighted by atomic mass is 10.0. The Hall–Kier alpha value is -1.15. The summed E-state index contributed by atoms with van der Waals surface area (Å²) in [6.07, 6.45) is -1.83. The summed E-state index contributed by atoms with van der Waals surface area (Å²) >= 11 is 5.68. The average molecular weight is 281 g/mol. The fraction of sp³-hybridized carbons (Fsp3) is 0.222. The van der Waals surface area contributed by atoms with Crippen LogP contribution in [0.25, 0.3) is 0 Å². The summed E-state index contributed by atoms with van der Waals surface area (Å²) in [5.74, 6) is -1.55. The zero-order valence-electron chi connectivity index (χ0n) is 8.62. The van der Waals surface area contributed by atoms with Crippen molar-refractivity contribution in [3.05, 3.63) is 34.3 Å². The second-order valence-corrected chi connectivity index (χ2v) is 4.73. The summed E-state index contributed by atoms with van der Waals surface area (Å²) in [5, 5.41) is 9.09. The SMILES string of the molecule is Cc1ccc(Cl)cc1C(OS(=O)(=O)O)C(=O)O. The van der Waals surface area contributed by atoms with Gasteiger partial charge in [0, 0.05) is 5.02 Å². The molecule has 0 saturated carbocycles. The summed E-state index contributed by atoms with van der Waals surface area (Å²) in [7, 11) is -4.87. The third kappa shape index (κ3) is 3.97. The van der Waals surface area contributed by atoms with Crippen LogP contribution in [-0.2, 0) is 19.4 Å². The van der Waals surface area contributed by atoms with Gasteiger partial charge in [0.1, 0.15) is 0 Å². The van der Waals surface area contributed by atoms with E-state index in [1.165, 1.54) is 18.2 Å². The van der Waals surface area contributed by atoms with Crippen LogP contribution in [-0.4, -0.2) is 24.0 Å². The van der Waals surface area contributed by atoms with Gasteiger partial charge >= 0.3 is 16.4 Å². The highest BCUT2D eigenvalue weighted by atomic mass is 35.5. The fourth-order valence-corrected chi connectivity index (χ4v) is 1.85. The van der Waals surface area contributed by atoms with Crippen molar-refractivity contribution >= 4 is 28.0 Å². The zero-order chi connectivity index (χ0) is 13.2. The Morgan fingerprint density at radius 1 is 1.47 bits per heavy atom. The van der Waals surface area contributed by atoms with Crippen molar-refractivity contribution in [1.29, 1.82) is 0 Å². The normalized spacial score (nSPS) is 13.4. The molecule has 0 aromatic heterocycles. The van der Waals surface area contributed by atoms with E-state index in [0.717, 1.165) is 0 Å². The van der Waals surface area contributed by atoms with Crippen LogP contribution in [0.3, 0.4) is 0 Å². The smallest absolute Gasteiger partial charge is 0.398 e. The highest BCUT2D eigenvalue weighted by molar-refractivity contribution is 7.80. The van der Waals surface area contributed by atoms with Crippen LogP contribution in [0.2, 0.25) is 5.02 Å². The topological polar surface area (TPSA) is 101 Å². The van der Waals surface area contributed by atoms with Crippen molar-refractivity contribution in [3.63, 3.8) is 0 Å². The van der Waals surface area contributed by atoms with Crippen molar-refractivity contribution in [1.82, 2.24) is 0 Å². The lowest BCUT2D eigenvalue weighted by Crippen LogP contribution is -2.20. The number of aryl methyl sites for hydroxylation is 1. The third-order valence-electron chi connectivity index (χ3n) is 1.97. The van der Waals surface area contributed by atoms with Crippen molar-refractivity contribution in [2.75, 3.05) is 0 Å². The number of rotatable bonds is 4. The molecule has 0 saturated heterocycles. The van der Waals surface area contributed by atoms with Gasteiger partial charge < -0.3 is 5.11 Å². The number of carboxylic acid groups (broad SMARTS) is 1. The molecule has 0 bridgehead atoms. The average Bonchev–Trinajstić information content (AvgIpc) is 2.17. The van der Waals surface area contributed by atoms with Crippen LogP contribution in [0, 0.1) is 6.92 Å². The maximum atomic E-state index is 10.9. The Kier molecular flexibility index (Phi) is 4.10. The summed E-state index contributed by atoms with van der Waals surface area (Å²) in [6.45, 7) is 1.56. The molecule has 8 heteroatoms. The minimum Gasteiger partial charge on any atom is -0.479 e. The number of carboxylic acids is 1. The molecule has 1 aromatic carbocycles. The van der Waals surface area contributed by atoms with E-state index in [2.05, 4.69) is 4.18 Å². The Morgan fingerprint density at radius 3 is 2.53 bits per heavy atom. The maximum absolute atomic E-state index is 10.9. The first-order chi connectivity index (χ1) is 7.70. The van der Waals surface area contributed by atoms with E-state index in [1.54, 1.807) is 6.92 Å². The Labute approximate surface area is 103 Å². The first-order valence-corrected chi connectivity index (χ1v) is 6.09. The molecule has 0 fully saturated rings. The van der Waals surface area contributed by atoms with Gasteiger partial charge in [0.15, 0.2) is 0 Å². The fourth-order valence-electron chi connectivity index (χ4n) is 1.24. The number of carbonyl (C=O) groups is 1. The van der Waals surface area contributed by atoms with Gasteiger partial charge in [-0.1, -0.05) is 17.7 Å². The van der Waals surface area contributed by atoms with Gasteiger partial charge in [-0.15, -0.1) is 0 Å². The third-order valence-corrected chi connectivity index (χ3v) is 2.64. The summed E-state index contributed by atoms with van der Waals surface area (Å²) in [4.78, 5) is 10.9. The molecule has 0 aliphatic rings. The van der Waals surface area contributed by atoms with Crippen LogP contribution in [0.4, 0.5) is 0 Å². The van der Waals surface area contributed by atoms with Gasteiger partial charge in [-0.3, -0.25) is 4.55 Å². The monoisotopic (exact) mass is 280 g/mol. The molecule has 0 amide bonds.